The first kappa shape index (κ1) is 28.2. The lowest BCUT2D eigenvalue weighted by Crippen LogP contribution is -2.14. The molecule has 0 heterocycles. The highest BCUT2D eigenvalue weighted by Gasteiger charge is 2.19. The van der Waals surface area contributed by atoms with Gasteiger partial charge in [-0.15, -0.1) is 0 Å². The van der Waals surface area contributed by atoms with E-state index in [-0.39, 0.29) is 26.1 Å². The molecule has 138 valence electrons. The van der Waals surface area contributed by atoms with E-state index in [0.29, 0.717) is 0 Å². The van der Waals surface area contributed by atoms with Crippen molar-refractivity contribution in [2.45, 2.75) is 33.0 Å². The zero-order valence-electron chi connectivity index (χ0n) is 19.9. The van der Waals surface area contributed by atoms with Crippen LogP contribution in [-0.2, 0) is 0 Å². The second-order valence-corrected chi connectivity index (χ2v) is 12.9. The Labute approximate surface area is 200 Å². The summed E-state index contributed by atoms with van der Waals surface area (Å²) in [5, 5.41) is 3.25. The third kappa shape index (κ3) is 15.1. The monoisotopic (exact) mass is 492 g/mol. The molecule has 0 aromatic heterocycles. The molecule has 0 rings (SSSR count). The Morgan fingerprint density at radius 1 is 0.607 bits per heavy atom. The molecule has 0 bridgehead atoms. The van der Waals surface area contributed by atoms with E-state index in [1.54, 1.807) is 0 Å². The summed E-state index contributed by atoms with van der Waals surface area (Å²) in [6, 6.07) is 0. The first-order valence-electron chi connectivity index (χ1n) is 10.0. The molecule has 0 aliphatic heterocycles. The summed E-state index contributed by atoms with van der Waals surface area (Å²) in [5.41, 5.74) is 0. The van der Waals surface area contributed by atoms with Crippen LogP contribution in [0.2, 0.25) is 26.1 Å². The van der Waals surface area contributed by atoms with E-state index in [4.69, 9.17) is 0 Å². The Balaban J connectivity index is 5.25. The highest BCUT2D eigenvalue weighted by Crippen LogP contribution is 2.32. The van der Waals surface area contributed by atoms with Gasteiger partial charge in [-0.1, -0.05) is 82.3 Å². The van der Waals surface area contributed by atoms with E-state index >= 15 is 0 Å². The van der Waals surface area contributed by atoms with E-state index in [2.05, 4.69) is 166 Å². The van der Waals surface area contributed by atoms with Crippen molar-refractivity contribution in [3.05, 3.63) is 48.6 Å². The van der Waals surface area contributed by atoms with E-state index in [1.165, 1.54) is 8.93 Å². The van der Waals surface area contributed by atoms with E-state index in [9.17, 15) is 0 Å². The Hall–Kier alpha value is 0.249. The minimum atomic E-state index is -0.109. The van der Waals surface area contributed by atoms with E-state index in [0.717, 1.165) is 0 Å². The first-order chi connectivity index (χ1) is 12.4. The molecule has 0 atom stereocenters. The first-order valence-corrected chi connectivity index (χ1v) is 13.4. The average molecular weight is 491 g/mol. The van der Waals surface area contributed by atoms with Crippen molar-refractivity contribution in [1.29, 1.82) is 0 Å². The molecule has 0 fully saturated rings. The lowest BCUT2D eigenvalue weighted by Gasteiger charge is -2.24. The van der Waals surface area contributed by atoms with Crippen molar-refractivity contribution < 1.29 is 0 Å². The van der Waals surface area contributed by atoms with Crippen LogP contribution in [0.3, 0.4) is 0 Å². The van der Waals surface area contributed by atoms with Gasteiger partial charge in [-0.25, -0.2) is 0 Å². The maximum absolute atomic E-state index is 3.29. The summed E-state index contributed by atoms with van der Waals surface area (Å²) >= 11 is 2.21. The van der Waals surface area contributed by atoms with Gasteiger partial charge in [0, 0.05) is 21.2 Å². The number of hydrogen-bond donors (Lipinski definition) is 0. The zero-order chi connectivity index (χ0) is 22.3. The van der Waals surface area contributed by atoms with Crippen molar-refractivity contribution in [1.82, 2.24) is 0 Å². The number of rotatable bonds is 8. The molecule has 0 amide bonds. The molecule has 0 aromatic carbocycles. The minimum Gasteiger partial charge on any atom is -0.0988 e. The van der Waals surface area contributed by atoms with Crippen LogP contribution in [-0.4, -0.2) is 78.5 Å². The van der Waals surface area contributed by atoms with Gasteiger partial charge in [-0.2, -0.15) is 0 Å². The van der Waals surface area contributed by atoms with E-state index < -0.39 is 0 Å². The molecule has 0 spiro atoms. The topological polar surface area (TPSA) is 0 Å². The van der Waals surface area contributed by atoms with Crippen molar-refractivity contribution in [2.75, 3.05) is 0 Å². The molecule has 0 N–H and O–H groups in total. The molecular weight excluding hydrogens is 459 g/mol. The molecular formula is C16H31B10IS. The Morgan fingerprint density at radius 3 is 1.25 bits per heavy atom. The Morgan fingerprint density at radius 2 is 0.929 bits per heavy atom. The fraction of sp³-hybridized carbons (Fsp3) is 0.375. The van der Waals surface area contributed by atoms with Crippen LogP contribution in [0.1, 0.15) is 6.92 Å². The lowest BCUT2D eigenvalue weighted by molar-refractivity contribution is 1.06. The minimum absolute atomic E-state index is 0.00509. The molecule has 0 radical (unpaired) electrons. The van der Waals surface area contributed by atoms with Crippen molar-refractivity contribution in [3.63, 3.8) is 0 Å². The molecule has 12 heteroatoms. The van der Waals surface area contributed by atoms with Gasteiger partial charge in [0.15, 0.2) is 0 Å². The SMILES string of the molecule is BC(B)(C)/C=C\C(B)(B)/C=C\C(B)(B)/C=C\C(B)(B)/C=C\C(B)(B)C#CSI. The van der Waals surface area contributed by atoms with Gasteiger partial charge in [0.2, 0.25) is 0 Å². The predicted octanol–water partition coefficient (Wildman–Crippen LogP) is -3.81. The van der Waals surface area contributed by atoms with E-state index in [1.807, 2.05) is 0 Å². The highest BCUT2D eigenvalue weighted by molar-refractivity contribution is 14.2. The van der Waals surface area contributed by atoms with Gasteiger partial charge in [0.25, 0.3) is 0 Å². The van der Waals surface area contributed by atoms with Crippen molar-refractivity contribution in [2.24, 2.45) is 0 Å². The number of hydrogen-bond acceptors (Lipinski definition) is 1. The smallest absolute Gasteiger partial charge is 0.0988 e. The van der Waals surface area contributed by atoms with Crippen LogP contribution >= 0.6 is 30.1 Å². The largest absolute Gasteiger partial charge is 0.119 e. The van der Waals surface area contributed by atoms with Crippen LogP contribution in [0.15, 0.2) is 48.6 Å². The second-order valence-electron chi connectivity index (χ2n) is 11.2. The normalized spacial score (nSPS) is 14.8. The van der Waals surface area contributed by atoms with Gasteiger partial charge >= 0.3 is 0 Å². The predicted molar refractivity (Wildman–Crippen MR) is 171 cm³/mol. The van der Waals surface area contributed by atoms with Crippen LogP contribution in [0.5, 0.6) is 0 Å². The molecule has 0 saturated carbocycles. The Bertz CT molecular complexity index is 690. The lowest BCUT2D eigenvalue weighted by atomic mass is 9.47. The van der Waals surface area contributed by atoms with Gasteiger partial charge < -0.3 is 0 Å². The summed E-state index contributed by atoms with van der Waals surface area (Å²) in [7, 11) is 23.8. The van der Waals surface area contributed by atoms with Gasteiger partial charge in [0.1, 0.15) is 78.5 Å². The summed E-state index contributed by atoms with van der Waals surface area (Å²) in [5.74, 6) is 3.29. The molecule has 0 saturated heterocycles. The maximum Gasteiger partial charge on any atom is 0.119 e. The summed E-state index contributed by atoms with van der Waals surface area (Å²) in [4.78, 5) is 0. The summed E-state index contributed by atoms with van der Waals surface area (Å²) in [6.07, 6.45) is 18.4. The molecule has 0 aromatic rings. The fourth-order valence-corrected chi connectivity index (χ4v) is 2.74. The Kier molecular flexibility index (Phi) is 11.1. The third-order valence-electron chi connectivity index (χ3n) is 4.24. The molecule has 0 aliphatic rings. The van der Waals surface area contributed by atoms with Crippen LogP contribution in [0.4, 0.5) is 0 Å². The number of halogens is 1. The molecule has 0 aliphatic carbocycles. The van der Waals surface area contributed by atoms with Crippen molar-refractivity contribution >= 4 is 109 Å². The molecule has 0 nitrogen and oxygen atoms in total. The summed E-state index contributed by atoms with van der Waals surface area (Å²) < 4.78 is 0. The third-order valence-corrected chi connectivity index (χ3v) is 5.08. The zero-order valence-corrected chi connectivity index (χ0v) is 22.9. The van der Waals surface area contributed by atoms with Crippen LogP contribution < -0.4 is 0 Å². The van der Waals surface area contributed by atoms with Gasteiger partial charge in [-0.3, -0.25) is 0 Å². The molecule has 0 unspecified atom stereocenters. The molecule has 28 heavy (non-hydrogen) atoms. The van der Waals surface area contributed by atoms with Crippen molar-refractivity contribution in [3.8, 4) is 11.2 Å². The van der Waals surface area contributed by atoms with Crippen LogP contribution in [0.25, 0.3) is 0 Å². The second kappa shape index (κ2) is 11.0. The van der Waals surface area contributed by atoms with Crippen LogP contribution in [0, 0.1) is 11.2 Å². The quantitative estimate of drug-likeness (QED) is 0.146. The highest BCUT2D eigenvalue weighted by atomic mass is 127. The van der Waals surface area contributed by atoms with Gasteiger partial charge in [0.05, 0.1) is 0 Å². The van der Waals surface area contributed by atoms with Gasteiger partial charge in [-0.05, 0) is 19.4 Å². The standard InChI is InChI=1S/C16H31B10IS/c1-12(17,18)2-3-13(19,20)4-5-14(21,22)6-7-15(23,24)8-9-16(25,26)10-11-28-27/h2-9H,17-26H2,1H3/b3-2-,5-4-,7-6-,9-8-. The fourth-order valence-electron chi connectivity index (χ4n) is 2.11. The maximum atomic E-state index is 3.29. The average Bonchev–Trinajstić information content (AvgIpc) is 2.54. The summed E-state index contributed by atoms with van der Waals surface area (Å²) in [6.45, 7) is 2.24. The number of allylic oxidation sites excluding steroid dienone is 8.